The van der Waals surface area contributed by atoms with Gasteiger partial charge in [-0.2, -0.15) is 0 Å². The molecule has 0 radical (unpaired) electrons. The fourth-order valence-electron chi connectivity index (χ4n) is 1.46. The summed E-state index contributed by atoms with van der Waals surface area (Å²) in [5.74, 6) is 0.778. The summed E-state index contributed by atoms with van der Waals surface area (Å²) in [6, 6.07) is 7.65. The molecule has 0 unspecified atom stereocenters. The van der Waals surface area contributed by atoms with E-state index in [0.29, 0.717) is 13.1 Å². The fourth-order valence-corrected chi connectivity index (χ4v) is 1.84. The molecule has 2 N–H and O–H groups in total. The summed E-state index contributed by atoms with van der Waals surface area (Å²) in [6.07, 6.45) is -0.559. The van der Waals surface area contributed by atoms with E-state index < -0.39 is 6.10 Å². The molecule has 0 spiro atoms. The van der Waals surface area contributed by atoms with Crippen molar-refractivity contribution in [3.05, 3.63) is 28.7 Å². The maximum Gasteiger partial charge on any atom is 0.138 e. The number of hydrogen-bond donors (Lipinski definition) is 2. The molecule has 4 heteroatoms. The molecule has 1 aliphatic rings. The van der Waals surface area contributed by atoms with E-state index in [1.54, 1.807) is 0 Å². The summed E-state index contributed by atoms with van der Waals surface area (Å²) in [6.45, 7) is 1.30. The Balaban J connectivity index is 2.07. The van der Waals surface area contributed by atoms with E-state index in [1.807, 2.05) is 24.3 Å². The molecule has 0 aromatic heterocycles. The molecule has 2 rings (SSSR count). The number of aliphatic hydroxyl groups is 1. The molecule has 14 heavy (non-hydrogen) atoms. The Kier molecular flexibility index (Phi) is 3.05. The smallest absolute Gasteiger partial charge is 0.138 e. The second kappa shape index (κ2) is 4.29. The minimum absolute atomic E-state index is 0.145. The first-order chi connectivity index (χ1) is 6.77. The maximum atomic E-state index is 9.54. The van der Waals surface area contributed by atoms with Crippen LogP contribution in [0.15, 0.2) is 28.7 Å². The third-order valence-corrected chi connectivity index (χ3v) is 2.90. The second-order valence-electron chi connectivity index (χ2n) is 3.31. The van der Waals surface area contributed by atoms with E-state index in [4.69, 9.17) is 4.74 Å². The van der Waals surface area contributed by atoms with Crippen molar-refractivity contribution >= 4 is 15.9 Å². The zero-order valence-corrected chi connectivity index (χ0v) is 9.20. The normalized spacial score (nSPS) is 26.4. The van der Waals surface area contributed by atoms with Crippen molar-refractivity contribution in [1.82, 2.24) is 5.32 Å². The first kappa shape index (κ1) is 9.96. The Morgan fingerprint density at radius 3 is 2.79 bits per heavy atom. The van der Waals surface area contributed by atoms with Gasteiger partial charge in [-0.15, -0.1) is 0 Å². The summed E-state index contributed by atoms with van der Waals surface area (Å²) in [7, 11) is 0. The monoisotopic (exact) mass is 257 g/mol. The molecular formula is C10H12BrNO2. The van der Waals surface area contributed by atoms with Gasteiger partial charge in [0, 0.05) is 13.1 Å². The average molecular weight is 258 g/mol. The highest BCUT2D eigenvalue weighted by Crippen LogP contribution is 2.25. The molecule has 1 fully saturated rings. The summed E-state index contributed by atoms with van der Waals surface area (Å²) in [5, 5.41) is 12.6. The molecule has 1 aromatic rings. The molecular weight excluding hydrogens is 246 g/mol. The van der Waals surface area contributed by atoms with Crippen LogP contribution >= 0.6 is 15.9 Å². The van der Waals surface area contributed by atoms with Gasteiger partial charge in [-0.25, -0.2) is 0 Å². The van der Waals surface area contributed by atoms with Gasteiger partial charge in [-0.05, 0) is 28.1 Å². The topological polar surface area (TPSA) is 41.5 Å². The molecule has 0 bridgehead atoms. The Bertz CT molecular complexity index is 319. The third kappa shape index (κ3) is 2.08. The number of aliphatic hydroxyl groups excluding tert-OH is 1. The van der Waals surface area contributed by atoms with Crippen LogP contribution in [0.4, 0.5) is 0 Å². The number of nitrogens with one attached hydrogen (secondary N) is 1. The van der Waals surface area contributed by atoms with Gasteiger partial charge in [-0.1, -0.05) is 12.1 Å². The molecule has 2 atom stereocenters. The van der Waals surface area contributed by atoms with Crippen molar-refractivity contribution in [2.45, 2.75) is 12.2 Å². The summed E-state index contributed by atoms with van der Waals surface area (Å²) >= 11 is 3.40. The van der Waals surface area contributed by atoms with Crippen LogP contribution in [0.5, 0.6) is 5.75 Å². The summed E-state index contributed by atoms with van der Waals surface area (Å²) in [5.41, 5.74) is 0. The van der Waals surface area contributed by atoms with Crippen LogP contribution in [0.2, 0.25) is 0 Å². The molecule has 1 saturated heterocycles. The van der Waals surface area contributed by atoms with Gasteiger partial charge in [0.25, 0.3) is 0 Å². The summed E-state index contributed by atoms with van der Waals surface area (Å²) < 4.78 is 6.57. The van der Waals surface area contributed by atoms with E-state index in [-0.39, 0.29) is 6.10 Å². The minimum atomic E-state index is -0.415. The number of rotatable bonds is 2. The highest BCUT2D eigenvalue weighted by Gasteiger charge is 2.26. The zero-order chi connectivity index (χ0) is 9.97. The number of halogens is 1. The lowest BCUT2D eigenvalue weighted by molar-refractivity contribution is 0.0732. The van der Waals surface area contributed by atoms with Gasteiger partial charge < -0.3 is 15.2 Å². The Hall–Kier alpha value is -0.580. The van der Waals surface area contributed by atoms with Crippen LogP contribution in [0, 0.1) is 0 Å². The van der Waals surface area contributed by atoms with E-state index in [0.717, 1.165) is 10.2 Å². The van der Waals surface area contributed by atoms with Gasteiger partial charge in [0.1, 0.15) is 18.0 Å². The minimum Gasteiger partial charge on any atom is -0.485 e. The predicted octanol–water partition coefficient (Wildman–Crippen LogP) is 1.16. The Morgan fingerprint density at radius 1 is 1.36 bits per heavy atom. The van der Waals surface area contributed by atoms with Crippen molar-refractivity contribution in [3.63, 3.8) is 0 Å². The third-order valence-electron chi connectivity index (χ3n) is 2.24. The lowest BCUT2D eigenvalue weighted by atomic mass is 10.2. The maximum absolute atomic E-state index is 9.54. The molecule has 76 valence electrons. The summed E-state index contributed by atoms with van der Waals surface area (Å²) in [4.78, 5) is 0. The molecule has 1 aliphatic heterocycles. The fraction of sp³-hybridized carbons (Fsp3) is 0.400. The quantitative estimate of drug-likeness (QED) is 0.836. The van der Waals surface area contributed by atoms with E-state index in [2.05, 4.69) is 21.2 Å². The Morgan fingerprint density at radius 2 is 2.14 bits per heavy atom. The van der Waals surface area contributed by atoms with Crippen LogP contribution in [-0.2, 0) is 0 Å². The largest absolute Gasteiger partial charge is 0.485 e. The van der Waals surface area contributed by atoms with Crippen molar-refractivity contribution in [3.8, 4) is 5.75 Å². The van der Waals surface area contributed by atoms with Crippen molar-refractivity contribution in [2.75, 3.05) is 13.1 Å². The molecule has 0 amide bonds. The molecule has 1 aromatic carbocycles. The molecule has 3 nitrogen and oxygen atoms in total. The Labute approximate surface area is 91.2 Å². The highest BCUT2D eigenvalue weighted by atomic mass is 79.9. The van der Waals surface area contributed by atoms with Gasteiger partial charge in [0.15, 0.2) is 0 Å². The molecule has 1 heterocycles. The highest BCUT2D eigenvalue weighted by molar-refractivity contribution is 9.10. The van der Waals surface area contributed by atoms with Crippen molar-refractivity contribution in [2.24, 2.45) is 0 Å². The number of β-amino-alcohol motifs (C(OH)–C–C–N with tert-alkyl or cyclic N) is 1. The first-order valence-electron chi connectivity index (χ1n) is 4.57. The van der Waals surface area contributed by atoms with Gasteiger partial charge >= 0.3 is 0 Å². The number of hydrogen-bond acceptors (Lipinski definition) is 3. The number of ether oxygens (including phenoxy) is 1. The van der Waals surface area contributed by atoms with Gasteiger partial charge in [-0.3, -0.25) is 0 Å². The second-order valence-corrected chi connectivity index (χ2v) is 4.17. The van der Waals surface area contributed by atoms with Crippen LogP contribution in [-0.4, -0.2) is 30.4 Å². The lowest BCUT2D eigenvalue weighted by Gasteiger charge is -2.16. The molecule has 0 saturated carbocycles. The lowest BCUT2D eigenvalue weighted by Crippen LogP contribution is -2.29. The van der Waals surface area contributed by atoms with Crippen LogP contribution in [0.25, 0.3) is 0 Å². The van der Waals surface area contributed by atoms with E-state index in [1.165, 1.54) is 0 Å². The van der Waals surface area contributed by atoms with E-state index >= 15 is 0 Å². The molecule has 0 aliphatic carbocycles. The van der Waals surface area contributed by atoms with Crippen molar-refractivity contribution < 1.29 is 9.84 Å². The first-order valence-corrected chi connectivity index (χ1v) is 5.36. The predicted molar refractivity (Wildman–Crippen MR) is 57.4 cm³/mol. The average Bonchev–Trinajstić information content (AvgIpc) is 2.56. The van der Waals surface area contributed by atoms with Gasteiger partial charge in [0.2, 0.25) is 0 Å². The van der Waals surface area contributed by atoms with Gasteiger partial charge in [0.05, 0.1) is 4.47 Å². The van der Waals surface area contributed by atoms with E-state index in [9.17, 15) is 5.11 Å². The number of para-hydroxylation sites is 1. The van der Waals surface area contributed by atoms with Crippen LogP contribution < -0.4 is 10.1 Å². The standard InChI is InChI=1S/C10H12BrNO2/c11-7-3-1-2-4-9(7)14-10-6-12-5-8(10)13/h1-4,8,10,12-13H,5-6H2/t8-,10-/m1/s1. The van der Waals surface area contributed by atoms with Crippen LogP contribution in [0.3, 0.4) is 0 Å². The number of benzene rings is 1. The van der Waals surface area contributed by atoms with Crippen molar-refractivity contribution in [1.29, 1.82) is 0 Å². The van der Waals surface area contributed by atoms with Crippen LogP contribution in [0.1, 0.15) is 0 Å². The zero-order valence-electron chi connectivity index (χ0n) is 7.61. The SMILES string of the molecule is O[C@@H]1CNC[C@H]1Oc1ccccc1Br.